The van der Waals surface area contributed by atoms with Crippen LogP contribution in [0.3, 0.4) is 0 Å². The van der Waals surface area contributed by atoms with Gasteiger partial charge in [0.15, 0.2) is 0 Å². The SMILES string of the molecule is CCCCN(Cc1cccc(C(=N)NC(=O)OCC(Cl)(Cl)Cl)c1)C(=O)Oc1ccc(-c2ccccc2S(N)(=O)=O)cc1. The molecule has 0 saturated carbocycles. The zero-order chi connectivity index (χ0) is 30.9. The molecule has 2 amide bonds. The van der Waals surface area contributed by atoms with Gasteiger partial charge in [0.05, 0.1) is 4.90 Å². The van der Waals surface area contributed by atoms with E-state index >= 15 is 0 Å². The average molecular weight is 656 g/mol. The van der Waals surface area contributed by atoms with E-state index in [0.29, 0.717) is 28.8 Å². The number of halogens is 3. The van der Waals surface area contributed by atoms with Gasteiger partial charge in [-0.15, -0.1) is 0 Å². The second-order valence-corrected chi connectivity index (χ2v) is 13.1. The number of nitrogens with two attached hydrogens (primary N) is 1. The molecule has 0 aliphatic heterocycles. The maximum atomic E-state index is 13.1. The van der Waals surface area contributed by atoms with Crippen LogP contribution >= 0.6 is 34.8 Å². The highest BCUT2D eigenvalue weighted by Gasteiger charge is 2.23. The number of carbonyl (C=O) groups excluding carboxylic acids is 2. The molecule has 0 saturated heterocycles. The van der Waals surface area contributed by atoms with Crippen LogP contribution in [0.25, 0.3) is 11.1 Å². The van der Waals surface area contributed by atoms with Crippen molar-refractivity contribution in [1.82, 2.24) is 10.2 Å². The molecule has 3 aromatic carbocycles. The van der Waals surface area contributed by atoms with Crippen LogP contribution in [0, 0.1) is 5.41 Å². The Bertz CT molecular complexity index is 1530. The third-order valence-electron chi connectivity index (χ3n) is 5.79. The van der Waals surface area contributed by atoms with Crippen LogP contribution in [0.2, 0.25) is 0 Å². The molecule has 42 heavy (non-hydrogen) atoms. The van der Waals surface area contributed by atoms with E-state index < -0.39 is 32.6 Å². The fraction of sp³-hybridized carbons (Fsp3) is 0.250. The topological polar surface area (TPSA) is 152 Å². The zero-order valence-corrected chi connectivity index (χ0v) is 25.6. The molecule has 0 spiro atoms. The Morgan fingerprint density at radius 3 is 2.36 bits per heavy atom. The number of primary sulfonamides is 1. The summed E-state index contributed by atoms with van der Waals surface area (Å²) in [5.74, 6) is 0.0318. The summed E-state index contributed by atoms with van der Waals surface area (Å²) in [5, 5.41) is 15.8. The Labute approximate surface area is 259 Å². The maximum absolute atomic E-state index is 13.1. The number of hydrogen-bond acceptors (Lipinski definition) is 7. The molecular weight excluding hydrogens is 627 g/mol. The summed E-state index contributed by atoms with van der Waals surface area (Å²) in [5.41, 5.74) is 2.08. The lowest BCUT2D eigenvalue weighted by Gasteiger charge is -2.22. The van der Waals surface area contributed by atoms with Crippen molar-refractivity contribution in [2.75, 3.05) is 13.2 Å². The van der Waals surface area contributed by atoms with Crippen LogP contribution in [-0.2, 0) is 21.3 Å². The fourth-order valence-corrected chi connectivity index (χ4v) is 4.73. The van der Waals surface area contributed by atoms with Crippen LogP contribution in [0.4, 0.5) is 9.59 Å². The second-order valence-electron chi connectivity index (χ2n) is 9.10. The van der Waals surface area contributed by atoms with Crippen LogP contribution < -0.4 is 15.2 Å². The molecule has 0 aliphatic rings. The maximum Gasteiger partial charge on any atom is 0.415 e. The lowest BCUT2D eigenvalue weighted by atomic mass is 10.1. The molecule has 0 radical (unpaired) electrons. The van der Waals surface area contributed by atoms with Crippen molar-refractivity contribution in [3.63, 3.8) is 0 Å². The van der Waals surface area contributed by atoms with Gasteiger partial charge in [-0.25, -0.2) is 23.1 Å². The molecule has 14 heteroatoms. The number of amides is 2. The monoisotopic (exact) mass is 654 g/mol. The molecule has 0 unspecified atom stereocenters. The van der Waals surface area contributed by atoms with E-state index in [4.69, 9.17) is 54.8 Å². The highest BCUT2D eigenvalue weighted by atomic mass is 35.6. The number of nitrogens with one attached hydrogen (secondary N) is 2. The molecule has 0 atom stereocenters. The van der Waals surface area contributed by atoms with Gasteiger partial charge < -0.3 is 14.4 Å². The molecule has 0 heterocycles. The largest absolute Gasteiger partial charge is 0.445 e. The molecular formula is C28H29Cl3N4O6S. The van der Waals surface area contributed by atoms with E-state index in [9.17, 15) is 18.0 Å². The van der Waals surface area contributed by atoms with Crippen molar-refractivity contribution >= 4 is 62.8 Å². The highest BCUT2D eigenvalue weighted by molar-refractivity contribution is 7.89. The van der Waals surface area contributed by atoms with Crippen LogP contribution in [0.15, 0.2) is 77.7 Å². The zero-order valence-electron chi connectivity index (χ0n) is 22.5. The van der Waals surface area contributed by atoms with E-state index in [1.807, 2.05) is 6.92 Å². The third kappa shape index (κ3) is 10.2. The molecule has 10 nitrogen and oxygen atoms in total. The Morgan fingerprint density at radius 2 is 1.71 bits per heavy atom. The molecule has 3 aromatic rings. The molecule has 3 rings (SSSR count). The molecule has 224 valence electrons. The van der Waals surface area contributed by atoms with Gasteiger partial charge in [-0.1, -0.05) is 96.7 Å². The van der Waals surface area contributed by atoms with Crippen LogP contribution in [0.1, 0.15) is 30.9 Å². The first kappa shape index (κ1) is 33.2. The van der Waals surface area contributed by atoms with Crippen molar-refractivity contribution in [2.24, 2.45) is 5.14 Å². The highest BCUT2D eigenvalue weighted by Crippen LogP contribution is 2.28. The van der Waals surface area contributed by atoms with Crippen molar-refractivity contribution in [3.8, 4) is 16.9 Å². The normalized spacial score (nSPS) is 11.5. The van der Waals surface area contributed by atoms with Crippen molar-refractivity contribution in [2.45, 2.75) is 35.0 Å². The first-order valence-corrected chi connectivity index (χ1v) is 15.3. The number of hydrogen-bond donors (Lipinski definition) is 3. The van der Waals surface area contributed by atoms with Gasteiger partial charge >= 0.3 is 12.2 Å². The summed E-state index contributed by atoms with van der Waals surface area (Å²) >= 11 is 16.7. The lowest BCUT2D eigenvalue weighted by Crippen LogP contribution is -2.34. The number of rotatable bonds is 10. The molecule has 0 fully saturated rings. The van der Waals surface area contributed by atoms with E-state index in [0.717, 1.165) is 12.8 Å². The molecule has 0 bridgehead atoms. The van der Waals surface area contributed by atoms with E-state index in [2.05, 4.69) is 5.32 Å². The van der Waals surface area contributed by atoms with E-state index in [-0.39, 0.29) is 23.0 Å². The third-order valence-corrected chi connectivity index (χ3v) is 7.08. The predicted octanol–water partition coefficient (Wildman–Crippen LogP) is 6.22. The standard InChI is InChI=1S/C28H29Cl3N4O6S/c1-2-3-15-35(17-19-7-6-8-21(16-19)25(32)34-26(36)40-18-28(29,30)31)27(37)41-22-13-11-20(12-14-22)23-9-4-5-10-24(23)42(33,38)39/h4-14,16H,2-3,15,17-18H2,1H3,(H2,32,34,36)(H2,33,38,39). The number of alkyl carbamates (subject to hydrolysis) is 1. The Morgan fingerprint density at radius 1 is 1.02 bits per heavy atom. The number of alkyl halides is 3. The number of ether oxygens (including phenoxy) is 2. The van der Waals surface area contributed by atoms with E-state index in [1.54, 1.807) is 66.7 Å². The Hall–Kier alpha value is -3.35. The van der Waals surface area contributed by atoms with Crippen molar-refractivity contribution in [3.05, 3.63) is 83.9 Å². The summed E-state index contributed by atoms with van der Waals surface area (Å²) in [7, 11) is -3.93. The number of benzene rings is 3. The summed E-state index contributed by atoms with van der Waals surface area (Å²) in [6.07, 6.45) is 0.0243. The first-order chi connectivity index (χ1) is 19.8. The second kappa shape index (κ2) is 14.7. The van der Waals surface area contributed by atoms with Gasteiger partial charge in [-0.3, -0.25) is 10.7 Å². The number of unbranched alkanes of at least 4 members (excludes halogenated alkanes) is 1. The number of sulfonamides is 1. The van der Waals surface area contributed by atoms with Gasteiger partial charge in [0.2, 0.25) is 13.8 Å². The summed E-state index contributed by atoms with van der Waals surface area (Å²) < 4.78 is 32.6. The molecule has 0 aliphatic carbocycles. The minimum Gasteiger partial charge on any atom is -0.445 e. The quantitative estimate of drug-likeness (QED) is 0.134. The molecule has 0 aromatic heterocycles. The van der Waals surface area contributed by atoms with Gasteiger partial charge in [-0.05, 0) is 41.8 Å². The molecule has 4 N–H and O–H groups in total. The lowest BCUT2D eigenvalue weighted by molar-refractivity contribution is 0.148. The predicted molar refractivity (Wildman–Crippen MR) is 163 cm³/mol. The minimum atomic E-state index is -3.93. The van der Waals surface area contributed by atoms with E-state index in [1.165, 1.54) is 11.0 Å². The van der Waals surface area contributed by atoms with Crippen LogP contribution in [-0.4, -0.2) is 48.3 Å². The van der Waals surface area contributed by atoms with Gasteiger partial charge in [0.1, 0.15) is 18.2 Å². The Kier molecular flexibility index (Phi) is 11.6. The number of carbonyl (C=O) groups is 2. The fourth-order valence-electron chi connectivity index (χ4n) is 3.81. The van der Waals surface area contributed by atoms with Crippen molar-refractivity contribution < 1.29 is 27.5 Å². The van der Waals surface area contributed by atoms with Gasteiger partial charge in [0.25, 0.3) is 0 Å². The smallest absolute Gasteiger partial charge is 0.415 e. The van der Waals surface area contributed by atoms with Crippen LogP contribution in [0.5, 0.6) is 5.75 Å². The van der Waals surface area contributed by atoms with Gasteiger partial charge in [-0.2, -0.15) is 0 Å². The summed E-state index contributed by atoms with van der Waals surface area (Å²) in [6.45, 7) is 2.10. The first-order valence-electron chi connectivity index (χ1n) is 12.6. The summed E-state index contributed by atoms with van der Waals surface area (Å²) in [6, 6.07) is 19.5. The van der Waals surface area contributed by atoms with Gasteiger partial charge in [0, 0.05) is 24.2 Å². The number of nitrogens with zero attached hydrogens (tertiary/aromatic N) is 1. The van der Waals surface area contributed by atoms with Crippen molar-refractivity contribution in [1.29, 1.82) is 5.41 Å². The average Bonchev–Trinajstić information content (AvgIpc) is 2.94. The minimum absolute atomic E-state index is 0.00861. The Balaban J connectivity index is 1.70. The number of amidine groups is 1. The summed E-state index contributed by atoms with van der Waals surface area (Å²) in [4.78, 5) is 26.6.